The summed E-state index contributed by atoms with van der Waals surface area (Å²) in [5.74, 6) is 0.702. The van der Waals surface area contributed by atoms with E-state index in [1.165, 1.54) is 11.8 Å². The molecule has 3 rings (SSSR count). The van der Waals surface area contributed by atoms with E-state index in [-0.39, 0.29) is 0 Å². The molecule has 0 spiro atoms. The van der Waals surface area contributed by atoms with E-state index in [1.54, 1.807) is 0 Å². The first-order valence-corrected chi connectivity index (χ1v) is 8.58. The van der Waals surface area contributed by atoms with Crippen molar-refractivity contribution in [2.45, 2.75) is 12.6 Å². The van der Waals surface area contributed by atoms with Crippen LogP contribution in [-0.4, -0.2) is 54.3 Å². The second kappa shape index (κ2) is 7.67. The first-order chi connectivity index (χ1) is 12.1. The molecule has 0 bridgehead atoms. The minimum Gasteiger partial charge on any atom is -0.369 e. The van der Waals surface area contributed by atoms with Crippen LogP contribution < -0.4 is 16.4 Å². The van der Waals surface area contributed by atoms with Crippen LogP contribution in [0.4, 0.5) is 5.82 Å². The van der Waals surface area contributed by atoms with Crippen LogP contribution in [0.2, 0.25) is 0 Å². The normalized spacial score (nSPS) is 17.8. The number of rotatable bonds is 7. The summed E-state index contributed by atoms with van der Waals surface area (Å²) in [6, 6.07) is 10.9. The summed E-state index contributed by atoms with van der Waals surface area (Å²) in [7, 11) is 4.20. The average molecular weight is 342 g/mol. The van der Waals surface area contributed by atoms with Crippen molar-refractivity contribution in [2.24, 2.45) is 11.7 Å². The van der Waals surface area contributed by atoms with Gasteiger partial charge in [0.05, 0.1) is 6.20 Å². The number of benzene rings is 1. The maximum Gasteiger partial charge on any atom is 0.254 e. The van der Waals surface area contributed by atoms with Crippen LogP contribution in [0.5, 0.6) is 0 Å². The zero-order valence-electron chi connectivity index (χ0n) is 14.8. The Morgan fingerprint density at radius 2 is 2.20 bits per heavy atom. The fraction of sp³-hybridized carbons (Fsp3) is 0.444. The van der Waals surface area contributed by atoms with Crippen molar-refractivity contribution in [3.63, 3.8) is 0 Å². The standard InChI is InChI=1S/C18H26N6O/c1-23(2)16(14-6-4-3-5-7-14)11-20-8-13-9-21-18-15(17(19)25)10-22-24(18)12-13/h3-7,10,13,16,20-21H,8-9,11-12H2,1-2H3,(H2,19,25)/t13-,16+/m0/s1. The Labute approximate surface area is 148 Å². The first kappa shape index (κ1) is 17.4. The van der Waals surface area contributed by atoms with E-state index < -0.39 is 5.91 Å². The molecule has 0 saturated heterocycles. The fourth-order valence-corrected chi connectivity index (χ4v) is 3.28. The molecule has 0 aliphatic carbocycles. The molecule has 7 nitrogen and oxygen atoms in total. The number of nitrogens with two attached hydrogens (primary N) is 1. The van der Waals surface area contributed by atoms with Crippen molar-refractivity contribution in [1.29, 1.82) is 0 Å². The van der Waals surface area contributed by atoms with E-state index in [0.29, 0.717) is 17.5 Å². The van der Waals surface area contributed by atoms with Gasteiger partial charge in [-0.1, -0.05) is 30.3 Å². The topological polar surface area (TPSA) is 88.2 Å². The molecule has 4 N–H and O–H groups in total. The van der Waals surface area contributed by atoms with E-state index in [4.69, 9.17) is 5.73 Å². The minimum absolute atomic E-state index is 0.333. The summed E-state index contributed by atoms with van der Waals surface area (Å²) < 4.78 is 1.83. The monoisotopic (exact) mass is 342 g/mol. The number of carbonyl (C=O) groups is 1. The van der Waals surface area contributed by atoms with Crippen LogP contribution >= 0.6 is 0 Å². The third kappa shape index (κ3) is 4.00. The van der Waals surface area contributed by atoms with Crippen molar-refractivity contribution >= 4 is 11.7 Å². The minimum atomic E-state index is -0.443. The number of likely N-dealkylation sites (N-methyl/N-ethyl adjacent to an activating group) is 1. The predicted molar refractivity (Wildman–Crippen MR) is 98.5 cm³/mol. The second-order valence-corrected chi connectivity index (χ2v) is 6.75. The van der Waals surface area contributed by atoms with Gasteiger partial charge in [0.1, 0.15) is 11.4 Å². The third-order valence-corrected chi connectivity index (χ3v) is 4.67. The van der Waals surface area contributed by atoms with E-state index in [9.17, 15) is 4.79 Å². The van der Waals surface area contributed by atoms with Gasteiger partial charge in [-0.15, -0.1) is 0 Å². The Hall–Kier alpha value is -2.38. The van der Waals surface area contributed by atoms with Gasteiger partial charge in [0.25, 0.3) is 5.91 Å². The van der Waals surface area contributed by atoms with E-state index >= 15 is 0 Å². The Kier molecular flexibility index (Phi) is 5.35. The Morgan fingerprint density at radius 1 is 1.44 bits per heavy atom. The SMILES string of the molecule is CN(C)[C@H](CNC[C@H]1CNc2c(C(N)=O)cnn2C1)c1ccccc1. The average Bonchev–Trinajstić information content (AvgIpc) is 3.02. The number of primary amides is 1. The zero-order chi connectivity index (χ0) is 17.8. The highest BCUT2D eigenvalue weighted by molar-refractivity contribution is 5.97. The summed E-state index contributed by atoms with van der Waals surface area (Å²) in [6.45, 7) is 3.35. The molecule has 0 unspecified atom stereocenters. The number of nitrogens with one attached hydrogen (secondary N) is 2. The summed E-state index contributed by atoms with van der Waals surface area (Å²) >= 11 is 0. The lowest BCUT2D eigenvalue weighted by atomic mass is 10.0. The molecule has 25 heavy (non-hydrogen) atoms. The number of fused-ring (bicyclic) bond motifs is 1. The van der Waals surface area contributed by atoms with Crippen molar-refractivity contribution in [2.75, 3.05) is 39.0 Å². The van der Waals surface area contributed by atoms with Crippen LogP contribution in [0.3, 0.4) is 0 Å². The largest absolute Gasteiger partial charge is 0.369 e. The van der Waals surface area contributed by atoms with Crippen molar-refractivity contribution in [3.8, 4) is 0 Å². The van der Waals surface area contributed by atoms with Gasteiger partial charge in [-0.05, 0) is 19.7 Å². The van der Waals surface area contributed by atoms with Crippen molar-refractivity contribution in [1.82, 2.24) is 20.0 Å². The zero-order valence-corrected chi connectivity index (χ0v) is 14.8. The number of amides is 1. The number of nitrogens with zero attached hydrogens (tertiary/aromatic N) is 3. The molecule has 134 valence electrons. The third-order valence-electron chi connectivity index (χ3n) is 4.67. The summed E-state index contributed by atoms with van der Waals surface area (Å²) in [4.78, 5) is 13.6. The molecule has 0 fully saturated rings. The Bertz CT molecular complexity index is 712. The lowest BCUT2D eigenvalue weighted by Crippen LogP contribution is -2.39. The van der Waals surface area contributed by atoms with Gasteiger partial charge in [0.2, 0.25) is 0 Å². The highest BCUT2D eigenvalue weighted by Crippen LogP contribution is 2.21. The molecule has 0 radical (unpaired) electrons. The van der Waals surface area contributed by atoms with Crippen LogP contribution in [0, 0.1) is 5.92 Å². The van der Waals surface area contributed by atoms with Gasteiger partial charge < -0.3 is 21.3 Å². The number of aromatic nitrogens is 2. The molecule has 1 aliphatic heterocycles. The molecular weight excluding hydrogens is 316 g/mol. The van der Waals surface area contributed by atoms with Crippen LogP contribution in [-0.2, 0) is 6.54 Å². The molecule has 2 atom stereocenters. The molecule has 1 aliphatic rings. The van der Waals surface area contributed by atoms with Crippen LogP contribution in [0.1, 0.15) is 22.0 Å². The maximum absolute atomic E-state index is 11.4. The lowest BCUT2D eigenvalue weighted by molar-refractivity contribution is 0.100. The highest BCUT2D eigenvalue weighted by Gasteiger charge is 2.23. The Morgan fingerprint density at radius 3 is 2.88 bits per heavy atom. The summed E-state index contributed by atoms with van der Waals surface area (Å²) in [5.41, 5.74) is 7.13. The molecular formula is C18H26N6O. The lowest BCUT2D eigenvalue weighted by Gasteiger charge is -2.28. The quantitative estimate of drug-likeness (QED) is 0.696. The molecule has 2 heterocycles. The Balaban J connectivity index is 1.54. The molecule has 0 saturated carbocycles. The number of hydrogen-bond donors (Lipinski definition) is 3. The smallest absolute Gasteiger partial charge is 0.254 e. The predicted octanol–water partition coefficient (Wildman–Crippen LogP) is 0.916. The maximum atomic E-state index is 11.4. The van der Waals surface area contributed by atoms with Gasteiger partial charge in [0, 0.05) is 38.1 Å². The number of anilines is 1. The van der Waals surface area contributed by atoms with E-state index in [2.05, 4.69) is 59.0 Å². The van der Waals surface area contributed by atoms with Gasteiger partial charge in [0.15, 0.2) is 0 Å². The highest BCUT2D eigenvalue weighted by atomic mass is 16.1. The van der Waals surface area contributed by atoms with Crippen molar-refractivity contribution in [3.05, 3.63) is 47.7 Å². The molecule has 1 amide bonds. The van der Waals surface area contributed by atoms with Gasteiger partial charge in [-0.2, -0.15) is 5.10 Å². The molecule has 1 aromatic carbocycles. The van der Waals surface area contributed by atoms with E-state index in [1.807, 2.05) is 10.7 Å². The van der Waals surface area contributed by atoms with Gasteiger partial charge in [-0.3, -0.25) is 4.79 Å². The van der Waals surface area contributed by atoms with Crippen molar-refractivity contribution < 1.29 is 4.79 Å². The summed E-state index contributed by atoms with van der Waals surface area (Å²) in [6.07, 6.45) is 1.54. The molecule has 7 heteroatoms. The van der Waals surface area contributed by atoms with Gasteiger partial charge in [-0.25, -0.2) is 4.68 Å². The second-order valence-electron chi connectivity index (χ2n) is 6.75. The molecule has 2 aromatic rings. The van der Waals surface area contributed by atoms with Crippen LogP contribution in [0.25, 0.3) is 0 Å². The van der Waals surface area contributed by atoms with E-state index in [0.717, 1.165) is 32.0 Å². The summed E-state index contributed by atoms with van der Waals surface area (Å²) in [5, 5.41) is 11.1. The number of carbonyl (C=O) groups excluding carboxylic acids is 1. The van der Waals surface area contributed by atoms with Crippen LogP contribution in [0.15, 0.2) is 36.5 Å². The van der Waals surface area contributed by atoms with Gasteiger partial charge >= 0.3 is 0 Å². The number of hydrogen-bond acceptors (Lipinski definition) is 5. The molecule has 1 aromatic heterocycles. The first-order valence-electron chi connectivity index (χ1n) is 8.58. The fourth-order valence-electron chi connectivity index (χ4n) is 3.28.